The van der Waals surface area contributed by atoms with Gasteiger partial charge in [-0.25, -0.2) is 14.8 Å². The summed E-state index contributed by atoms with van der Waals surface area (Å²) in [6.07, 6.45) is -4.17. The highest BCUT2D eigenvalue weighted by molar-refractivity contribution is 6.74. The maximum atomic E-state index is 13.3. The molecule has 1 aromatic rings. The van der Waals surface area contributed by atoms with E-state index in [2.05, 4.69) is 49.1 Å². The van der Waals surface area contributed by atoms with E-state index in [1.807, 2.05) is 4.90 Å². The summed E-state index contributed by atoms with van der Waals surface area (Å²) in [5.74, 6) is 0.0229. The molecule has 2 fully saturated rings. The molecular formula is C24H38F3N5O5Si. The van der Waals surface area contributed by atoms with Gasteiger partial charge < -0.3 is 29.4 Å². The Morgan fingerprint density at radius 3 is 2.39 bits per heavy atom. The number of hydrogen-bond acceptors (Lipinski definition) is 7. The Bertz CT molecular complexity index is 989. The van der Waals surface area contributed by atoms with Gasteiger partial charge >= 0.3 is 12.3 Å². The van der Waals surface area contributed by atoms with Crippen molar-refractivity contribution in [2.45, 2.75) is 89.1 Å². The van der Waals surface area contributed by atoms with E-state index in [9.17, 15) is 22.8 Å². The van der Waals surface area contributed by atoms with Crippen molar-refractivity contribution in [1.82, 2.24) is 20.2 Å². The van der Waals surface area contributed by atoms with Crippen LogP contribution in [0.25, 0.3) is 0 Å². The lowest BCUT2D eigenvalue weighted by atomic mass is 10.0. The Balaban J connectivity index is 1.76. The Morgan fingerprint density at radius 1 is 1.21 bits per heavy atom. The van der Waals surface area contributed by atoms with E-state index in [-0.39, 0.29) is 29.5 Å². The molecule has 2 N–H and O–H groups in total. The van der Waals surface area contributed by atoms with Gasteiger partial charge in [0.15, 0.2) is 8.32 Å². The average Bonchev–Trinajstić information content (AvgIpc) is 3.15. The van der Waals surface area contributed by atoms with Crippen LogP contribution in [0.15, 0.2) is 12.4 Å². The first-order chi connectivity index (χ1) is 17.5. The summed E-state index contributed by atoms with van der Waals surface area (Å²) in [4.78, 5) is 35.6. The summed E-state index contributed by atoms with van der Waals surface area (Å²) in [7, 11) is -2.28. The average molecular weight is 562 g/mol. The lowest BCUT2D eigenvalue weighted by Crippen LogP contribution is -2.60. The number of rotatable bonds is 8. The molecule has 0 aromatic carbocycles. The smallest absolute Gasteiger partial charge is 0.419 e. The molecule has 2 amide bonds. The summed E-state index contributed by atoms with van der Waals surface area (Å²) < 4.78 is 51.5. The van der Waals surface area contributed by atoms with Crippen LogP contribution in [0.3, 0.4) is 0 Å². The first kappa shape index (κ1) is 30.1. The number of nitrogens with one attached hydrogen (secondary N) is 1. The Hall–Kier alpha value is -2.45. The van der Waals surface area contributed by atoms with Crippen LogP contribution in [0.5, 0.6) is 0 Å². The summed E-state index contributed by atoms with van der Waals surface area (Å²) in [6, 6.07) is -0.707. The number of ether oxygens (including phenoxy) is 1. The molecule has 0 bridgehead atoms. The monoisotopic (exact) mass is 561 g/mol. The van der Waals surface area contributed by atoms with E-state index < -0.39 is 44.4 Å². The largest absolute Gasteiger partial charge is 0.465 e. The standard InChI is InChI=1S/C24H38F3N5O5Si/c1-15(30-22(34)35)14-36-18-8-10-32(20(18)33)17-7-9-31(13-19(17)37-38(5,6)23(2,3)4)21-28-11-16(12-29-21)24(25,26)27/h11-12,15,17-19,30H,7-10,13-14H2,1-6H3,(H,34,35)/t15?,17-,18+,19-/m0/s1. The third kappa shape index (κ3) is 7.14. The zero-order valence-corrected chi connectivity index (χ0v) is 23.7. The fourth-order valence-corrected chi connectivity index (χ4v) is 5.76. The van der Waals surface area contributed by atoms with E-state index in [0.29, 0.717) is 32.5 Å². The number of carbonyl (C=O) groups is 2. The summed E-state index contributed by atoms with van der Waals surface area (Å²) in [6.45, 7) is 13.6. The second-order valence-electron chi connectivity index (χ2n) is 11.5. The summed E-state index contributed by atoms with van der Waals surface area (Å²) >= 11 is 0. The van der Waals surface area contributed by atoms with Crippen molar-refractivity contribution in [3.8, 4) is 0 Å². The quantitative estimate of drug-likeness (QED) is 0.461. The predicted octanol–water partition coefficient (Wildman–Crippen LogP) is 3.74. The van der Waals surface area contributed by atoms with Gasteiger partial charge in [-0.2, -0.15) is 13.2 Å². The van der Waals surface area contributed by atoms with Gasteiger partial charge in [-0.3, -0.25) is 4.79 Å². The number of amides is 2. The highest BCUT2D eigenvalue weighted by Crippen LogP contribution is 2.39. The number of piperidine rings is 1. The van der Waals surface area contributed by atoms with Crippen molar-refractivity contribution >= 4 is 26.3 Å². The Morgan fingerprint density at radius 2 is 1.84 bits per heavy atom. The highest BCUT2D eigenvalue weighted by atomic mass is 28.4. The molecule has 3 heterocycles. The molecule has 4 atom stereocenters. The number of hydrogen-bond donors (Lipinski definition) is 2. The molecule has 0 radical (unpaired) electrons. The van der Waals surface area contributed by atoms with Gasteiger partial charge in [0.2, 0.25) is 5.95 Å². The number of nitrogens with zero attached hydrogens (tertiary/aromatic N) is 4. The van der Waals surface area contributed by atoms with Crippen LogP contribution < -0.4 is 10.2 Å². The third-order valence-electron chi connectivity index (χ3n) is 7.53. The van der Waals surface area contributed by atoms with Crippen LogP contribution in [-0.2, 0) is 20.1 Å². The van der Waals surface area contributed by atoms with E-state index in [1.54, 1.807) is 11.8 Å². The van der Waals surface area contributed by atoms with Gasteiger partial charge in [0.05, 0.1) is 30.4 Å². The first-order valence-corrected chi connectivity index (χ1v) is 15.6. The summed E-state index contributed by atoms with van der Waals surface area (Å²) in [5.41, 5.74) is -0.910. The van der Waals surface area contributed by atoms with Crippen molar-refractivity contribution in [2.75, 3.05) is 31.1 Å². The number of anilines is 1. The van der Waals surface area contributed by atoms with E-state index >= 15 is 0 Å². The topological polar surface area (TPSA) is 117 Å². The molecule has 214 valence electrons. The molecule has 1 unspecified atom stereocenters. The molecule has 1 aromatic heterocycles. The minimum Gasteiger partial charge on any atom is -0.465 e. The number of halogens is 3. The van der Waals surface area contributed by atoms with Gasteiger partial charge in [-0.15, -0.1) is 0 Å². The van der Waals surface area contributed by atoms with Gasteiger partial charge in [-0.05, 0) is 31.5 Å². The molecule has 0 spiro atoms. The molecule has 3 rings (SSSR count). The number of likely N-dealkylation sites (tertiary alicyclic amines) is 1. The van der Waals surface area contributed by atoms with Crippen LogP contribution in [0.2, 0.25) is 18.1 Å². The highest BCUT2D eigenvalue weighted by Gasteiger charge is 2.47. The zero-order chi connectivity index (χ0) is 28.5. The first-order valence-electron chi connectivity index (χ1n) is 12.7. The molecule has 0 saturated carbocycles. The maximum Gasteiger partial charge on any atom is 0.419 e. The second kappa shape index (κ2) is 11.3. The fraction of sp³-hybridized carbons (Fsp3) is 0.750. The fourth-order valence-electron chi connectivity index (χ4n) is 4.42. The third-order valence-corrected chi connectivity index (χ3v) is 12.0. The zero-order valence-electron chi connectivity index (χ0n) is 22.7. The SMILES string of the molecule is CC(CO[C@@H]1CCN([C@H]2CCN(c3ncc(C(F)(F)F)cn3)C[C@@H]2O[Si](C)(C)C(C)(C)C)C1=O)NC(=O)O. The normalized spacial score (nSPS) is 24.0. The van der Waals surface area contributed by atoms with Crippen molar-refractivity contribution < 1.29 is 37.0 Å². The van der Waals surface area contributed by atoms with E-state index in [0.717, 1.165) is 12.4 Å². The lowest BCUT2D eigenvalue weighted by Gasteiger charge is -2.47. The molecule has 38 heavy (non-hydrogen) atoms. The Kier molecular flexibility index (Phi) is 8.98. The number of carboxylic acid groups (broad SMARTS) is 1. The van der Waals surface area contributed by atoms with Gasteiger partial charge in [0.25, 0.3) is 5.91 Å². The molecule has 14 heteroatoms. The number of alkyl halides is 3. The Labute approximate surface area is 222 Å². The molecule has 2 aliphatic heterocycles. The number of aromatic nitrogens is 2. The molecular weight excluding hydrogens is 523 g/mol. The minimum atomic E-state index is -4.52. The van der Waals surface area contributed by atoms with Crippen LogP contribution in [-0.4, -0.2) is 90.8 Å². The van der Waals surface area contributed by atoms with Crippen molar-refractivity contribution in [2.24, 2.45) is 0 Å². The predicted molar refractivity (Wildman–Crippen MR) is 136 cm³/mol. The molecule has 2 saturated heterocycles. The van der Waals surface area contributed by atoms with Crippen LogP contribution in [0.1, 0.15) is 46.1 Å². The minimum absolute atomic E-state index is 0.0736. The van der Waals surface area contributed by atoms with Crippen molar-refractivity contribution in [1.29, 1.82) is 0 Å². The van der Waals surface area contributed by atoms with Crippen molar-refractivity contribution in [3.05, 3.63) is 18.0 Å². The molecule has 10 nitrogen and oxygen atoms in total. The van der Waals surface area contributed by atoms with E-state index in [4.69, 9.17) is 14.3 Å². The maximum absolute atomic E-state index is 13.3. The molecule has 2 aliphatic rings. The lowest BCUT2D eigenvalue weighted by molar-refractivity contribution is -0.141. The second-order valence-corrected chi connectivity index (χ2v) is 16.2. The van der Waals surface area contributed by atoms with Gasteiger partial charge in [0, 0.05) is 38.4 Å². The van der Waals surface area contributed by atoms with Crippen molar-refractivity contribution in [3.63, 3.8) is 0 Å². The molecule has 0 aliphatic carbocycles. The van der Waals surface area contributed by atoms with Gasteiger partial charge in [-0.1, -0.05) is 20.8 Å². The summed E-state index contributed by atoms with van der Waals surface area (Å²) in [5, 5.41) is 11.1. The van der Waals surface area contributed by atoms with E-state index in [1.165, 1.54) is 0 Å². The van der Waals surface area contributed by atoms with Gasteiger partial charge in [0.1, 0.15) is 6.10 Å². The van der Waals surface area contributed by atoms with Crippen LogP contribution in [0.4, 0.5) is 23.9 Å². The van der Waals surface area contributed by atoms with Crippen LogP contribution in [0, 0.1) is 0 Å². The number of carbonyl (C=O) groups excluding carboxylic acids is 1. The van der Waals surface area contributed by atoms with Crippen LogP contribution >= 0.6 is 0 Å².